The number of nitrogens with zero attached hydrogens (tertiary/aromatic N) is 1. The van der Waals surface area contributed by atoms with Crippen LogP contribution in [0.1, 0.15) is 35.5 Å². The smallest absolute Gasteiger partial charge is 0.273 e. The van der Waals surface area contributed by atoms with Crippen LogP contribution in [0.5, 0.6) is 0 Å². The SMILES string of the molecule is CCc1cccc(CC)c1NC(=O)c1cc(N)n[nH]1. The lowest BCUT2D eigenvalue weighted by Gasteiger charge is -2.13. The topological polar surface area (TPSA) is 83.8 Å². The number of anilines is 2. The van der Waals surface area contributed by atoms with Crippen molar-refractivity contribution in [1.29, 1.82) is 0 Å². The number of H-pyrrole nitrogens is 1. The Bertz CT molecular complexity index is 567. The number of hydrogen-bond donors (Lipinski definition) is 3. The summed E-state index contributed by atoms with van der Waals surface area (Å²) in [6.45, 7) is 4.14. The van der Waals surface area contributed by atoms with E-state index in [9.17, 15) is 4.79 Å². The summed E-state index contributed by atoms with van der Waals surface area (Å²) in [4.78, 5) is 12.1. The maximum atomic E-state index is 12.1. The molecule has 0 aliphatic carbocycles. The zero-order valence-corrected chi connectivity index (χ0v) is 11.2. The van der Waals surface area contributed by atoms with Gasteiger partial charge < -0.3 is 11.1 Å². The predicted octanol–water partition coefficient (Wildman–Crippen LogP) is 2.37. The Labute approximate surface area is 112 Å². The summed E-state index contributed by atoms with van der Waals surface area (Å²) >= 11 is 0. The number of rotatable bonds is 4. The fourth-order valence-corrected chi connectivity index (χ4v) is 2.04. The van der Waals surface area contributed by atoms with E-state index in [-0.39, 0.29) is 5.91 Å². The van der Waals surface area contributed by atoms with Crippen molar-refractivity contribution in [3.8, 4) is 0 Å². The number of aromatic nitrogens is 2. The molecule has 2 rings (SSSR count). The molecule has 0 bridgehead atoms. The van der Waals surface area contributed by atoms with Crippen LogP contribution in [0.2, 0.25) is 0 Å². The van der Waals surface area contributed by atoms with E-state index in [1.807, 2.05) is 18.2 Å². The van der Waals surface area contributed by atoms with Crippen LogP contribution in [0.25, 0.3) is 0 Å². The van der Waals surface area contributed by atoms with E-state index in [2.05, 4.69) is 29.4 Å². The number of aryl methyl sites for hydroxylation is 2. The number of para-hydroxylation sites is 1. The van der Waals surface area contributed by atoms with Crippen LogP contribution >= 0.6 is 0 Å². The Morgan fingerprint density at radius 2 is 1.95 bits per heavy atom. The van der Waals surface area contributed by atoms with Crippen LogP contribution in [0.3, 0.4) is 0 Å². The van der Waals surface area contributed by atoms with Gasteiger partial charge in [-0.3, -0.25) is 9.89 Å². The van der Waals surface area contributed by atoms with Gasteiger partial charge in [-0.25, -0.2) is 0 Å². The molecule has 0 aliphatic rings. The first-order valence-electron chi connectivity index (χ1n) is 6.38. The van der Waals surface area contributed by atoms with Gasteiger partial charge in [0.2, 0.25) is 0 Å². The molecule has 1 aromatic carbocycles. The van der Waals surface area contributed by atoms with Crippen molar-refractivity contribution in [2.45, 2.75) is 26.7 Å². The number of carbonyl (C=O) groups is 1. The minimum absolute atomic E-state index is 0.222. The Kier molecular flexibility index (Phi) is 3.85. The lowest BCUT2D eigenvalue weighted by Crippen LogP contribution is -2.15. The summed E-state index contributed by atoms with van der Waals surface area (Å²) in [5.41, 5.74) is 9.01. The van der Waals surface area contributed by atoms with E-state index < -0.39 is 0 Å². The van der Waals surface area contributed by atoms with E-state index in [0.29, 0.717) is 11.5 Å². The number of nitrogen functional groups attached to an aromatic ring is 1. The molecule has 1 amide bonds. The standard InChI is InChI=1S/C14H18N4O/c1-3-9-6-5-7-10(4-2)13(9)16-14(19)11-8-12(15)18-17-11/h5-8H,3-4H2,1-2H3,(H,16,19)(H3,15,17,18). The molecule has 1 aromatic heterocycles. The van der Waals surface area contributed by atoms with Crippen molar-refractivity contribution in [3.05, 3.63) is 41.1 Å². The van der Waals surface area contributed by atoms with Gasteiger partial charge >= 0.3 is 0 Å². The number of benzene rings is 1. The second-order valence-corrected chi connectivity index (χ2v) is 4.32. The first-order valence-corrected chi connectivity index (χ1v) is 6.38. The molecular weight excluding hydrogens is 240 g/mol. The second-order valence-electron chi connectivity index (χ2n) is 4.32. The molecule has 0 radical (unpaired) electrons. The third-order valence-electron chi connectivity index (χ3n) is 3.08. The molecular formula is C14H18N4O. The quantitative estimate of drug-likeness (QED) is 0.787. The van der Waals surface area contributed by atoms with Gasteiger partial charge in [0.25, 0.3) is 5.91 Å². The predicted molar refractivity (Wildman–Crippen MR) is 76.2 cm³/mol. The fourth-order valence-electron chi connectivity index (χ4n) is 2.04. The molecule has 19 heavy (non-hydrogen) atoms. The molecule has 5 nitrogen and oxygen atoms in total. The van der Waals surface area contributed by atoms with Crippen molar-refractivity contribution in [1.82, 2.24) is 10.2 Å². The van der Waals surface area contributed by atoms with Gasteiger partial charge in [-0.1, -0.05) is 32.0 Å². The maximum absolute atomic E-state index is 12.1. The number of nitrogens with one attached hydrogen (secondary N) is 2. The molecule has 1 heterocycles. The molecule has 100 valence electrons. The molecule has 0 spiro atoms. The molecule has 2 aromatic rings. The van der Waals surface area contributed by atoms with Crippen molar-refractivity contribution in [3.63, 3.8) is 0 Å². The minimum atomic E-state index is -0.222. The Morgan fingerprint density at radius 1 is 1.32 bits per heavy atom. The normalized spacial score (nSPS) is 10.4. The third-order valence-corrected chi connectivity index (χ3v) is 3.08. The molecule has 5 heteroatoms. The summed E-state index contributed by atoms with van der Waals surface area (Å²) in [6, 6.07) is 7.59. The lowest BCUT2D eigenvalue weighted by molar-refractivity contribution is 0.102. The van der Waals surface area contributed by atoms with Gasteiger partial charge in [0, 0.05) is 11.8 Å². The van der Waals surface area contributed by atoms with Gasteiger partial charge in [0.05, 0.1) is 0 Å². The van der Waals surface area contributed by atoms with Gasteiger partial charge in [-0.15, -0.1) is 0 Å². The van der Waals surface area contributed by atoms with Gasteiger partial charge in [0.1, 0.15) is 11.5 Å². The maximum Gasteiger partial charge on any atom is 0.273 e. The summed E-state index contributed by atoms with van der Waals surface area (Å²) in [5, 5.41) is 9.31. The largest absolute Gasteiger partial charge is 0.382 e. The van der Waals surface area contributed by atoms with E-state index >= 15 is 0 Å². The van der Waals surface area contributed by atoms with Crippen molar-refractivity contribution >= 4 is 17.4 Å². The number of aromatic amines is 1. The molecule has 0 saturated carbocycles. The number of hydrogen-bond acceptors (Lipinski definition) is 3. The van der Waals surface area contributed by atoms with Crippen LogP contribution in [-0.2, 0) is 12.8 Å². The molecule has 0 atom stereocenters. The van der Waals surface area contributed by atoms with Crippen molar-refractivity contribution < 1.29 is 4.79 Å². The van der Waals surface area contributed by atoms with Gasteiger partial charge in [-0.2, -0.15) is 5.10 Å². The molecule has 0 saturated heterocycles. The van der Waals surface area contributed by atoms with Crippen molar-refractivity contribution in [2.24, 2.45) is 0 Å². The van der Waals surface area contributed by atoms with E-state index in [1.54, 1.807) is 0 Å². The van der Waals surface area contributed by atoms with Crippen LogP contribution in [-0.4, -0.2) is 16.1 Å². The van der Waals surface area contributed by atoms with Crippen LogP contribution in [0.15, 0.2) is 24.3 Å². The van der Waals surface area contributed by atoms with Gasteiger partial charge in [0.15, 0.2) is 0 Å². The highest BCUT2D eigenvalue weighted by Crippen LogP contribution is 2.23. The Hall–Kier alpha value is -2.30. The average molecular weight is 258 g/mol. The van der Waals surface area contributed by atoms with E-state index in [0.717, 1.165) is 29.7 Å². The highest BCUT2D eigenvalue weighted by atomic mass is 16.1. The molecule has 4 N–H and O–H groups in total. The average Bonchev–Trinajstić information content (AvgIpc) is 2.85. The Morgan fingerprint density at radius 3 is 2.42 bits per heavy atom. The minimum Gasteiger partial charge on any atom is -0.382 e. The zero-order chi connectivity index (χ0) is 13.8. The number of carbonyl (C=O) groups excluding carboxylic acids is 1. The van der Waals surface area contributed by atoms with E-state index in [4.69, 9.17) is 5.73 Å². The third kappa shape index (κ3) is 2.76. The van der Waals surface area contributed by atoms with Gasteiger partial charge in [-0.05, 0) is 24.0 Å². The highest BCUT2D eigenvalue weighted by molar-refractivity contribution is 6.04. The van der Waals surface area contributed by atoms with E-state index in [1.165, 1.54) is 6.07 Å². The van der Waals surface area contributed by atoms with Crippen LogP contribution in [0.4, 0.5) is 11.5 Å². The lowest BCUT2D eigenvalue weighted by atomic mass is 10.0. The summed E-state index contributed by atoms with van der Waals surface area (Å²) in [6.07, 6.45) is 1.74. The first kappa shape index (κ1) is 13.1. The molecule has 0 aliphatic heterocycles. The first-order chi connectivity index (χ1) is 9.15. The van der Waals surface area contributed by atoms with Crippen molar-refractivity contribution in [2.75, 3.05) is 11.1 Å². The summed E-state index contributed by atoms with van der Waals surface area (Å²) in [5.74, 6) is 0.0874. The van der Waals surface area contributed by atoms with Crippen LogP contribution < -0.4 is 11.1 Å². The summed E-state index contributed by atoms with van der Waals surface area (Å²) in [7, 11) is 0. The highest BCUT2D eigenvalue weighted by Gasteiger charge is 2.13. The number of amides is 1. The monoisotopic (exact) mass is 258 g/mol. The summed E-state index contributed by atoms with van der Waals surface area (Å²) < 4.78 is 0. The number of nitrogens with two attached hydrogens (primary N) is 1. The molecule has 0 unspecified atom stereocenters. The zero-order valence-electron chi connectivity index (χ0n) is 11.2. The Balaban J connectivity index is 2.30. The fraction of sp³-hybridized carbons (Fsp3) is 0.286. The molecule has 0 fully saturated rings. The van der Waals surface area contributed by atoms with Crippen LogP contribution in [0, 0.1) is 0 Å². The second kappa shape index (κ2) is 5.56.